The fourth-order valence-electron chi connectivity index (χ4n) is 1.17. The Bertz CT molecular complexity index is 518. The van der Waals surface area contributed by atoms with Crippen LogP contribution in [0.25, 0.3) is 0 Å². The number of alkyl halides is 9. The molecule has 0 spiro atoms. The zero-order chi connectivity index (χ0) is 19.1. The summed E-state index contributed by atoms with van der Waals surface area (Å²) in [6.45, 7) is -2.68. The molecule has 1 unspecified atom stereocenters. The average molecular weight is 387 g/mol. The van der Waals surface area contributed by atoms with E-state index < -0.39 is 56.9 Å². The van der Waals surface area contributed by atoms with Gasteiger partial charge in [-0.15, -0.1) is 0 Å². The highest BCUT2D eigenvalue weighted by molar-refractivity contribution is 7.90. The van der Waals surface area contributed by atoms with Crippen LogP contribution in [0.1, 0.15) is 0 Å². The molecule has 0 aromatic heterocycles. The predicted molar refractivity (Wildman–Crippen MR) is 55.5 cm³/mol. The van der Waals surface area contributed by atoms with Crippen molar-refractivity contribution >= 4 is 10.0 Å². The van der Waals surface area contributed by atoms with Crippen LogP contribution in [0, 0.1) is 0 Å². The Hall–Kier alpha value is -0.800. The lowest BCUT2D eigenvalue weighted by molar-refractivity contribution is -0.382. The first kappa shape index (κ1) is 22.2. The molecule has 0 aliphatic rings. The zero-order valence-electron chi connectivity index (χ0n) is 11.0. The van der Waals surface area contributed by atoms with Crippen LogP contribution < -0.4 is 0 Å². The maximum absolute atomic E-state index is 13.3. The number of hydrogen-bond donors (Lipinski definition) is 2. The van der Waals surface area contributed by atoms with Gasteiger partial charge >= 0.3 is 23.3 Å². The van der Waals surface area contributed by atoms with Crippen molar-refractivity contribution in [2.45, 2.75) is 29.4 Å². The minimum atomic E-state index is -7.35. The number of sulfonamides is 1. The third-order valence-electron chi connectivity index (χ3n) is 2.53. The minimum Gasteiger partial charge on any atom is -0.394 e. The second-order valence-corrected chi connectivity index (χ2v) is 6.37. The van der Waals surface area contributed by atoms with E-state index in [1.807, 2.05) is 0 Å². The van der Waals surface area contributed by atoms with Gasteiger partial charge in [-0.3, -0.25) is 0 Å². The molecule has 0 heterocycles. The molecule has 0 bridgehead atoms. The maximum atomic E-state index is 13.3. The number of aliphatic hydroxyl groups is 2. The van der Waals surface area contributed by atoms with Gasteiger partial charge in [-0.1, -0.05) is 0 Å². The van der Waals surface area contributed by atoms with Crippen LogP contribution in [0.3, 0.4) is 0 Å². The van der Waals surface area contributed by atoms with E-state index in [2.05, 4.69) is 0 Å². The van der Waals surface area contributed by atoms with Gasteiger partial charge < -0.3 is 10.2 Å². The number of hydrogen-bond acceptors (Lipinski definition) is 4. The van der Waals surface area contributed by atoms with Crippen molar-refractivity contribution in [3.05, 3.63) is 0 Å². The van der Waals surface area contributed by atoms with E-state index >= 15 is 0 Å². The molecule has 1 atom stereocenters. The van der Waals surface area contributed by atoms with E-state index in [9.17, 15) is 47.9 Å². The quantitative estimate of drug-likeness (QED) is 0.640. The van der Waals surface area contributed by atoms with Crippen molar-refractivity contribution in [2.24, 2.45) is 0 Å². The third-order valence-corrected chi connectivity index (χ3v) is 4.40. The Morgan fingerprint density at radius 2 is 1.35 bits per heavy atom. The molecule has 2 N–H and O–H groups in total. The van der Waals surface area contributed by atoms with Crippen LogP contribution in [0.4, 0.5) is 39.5 Å². The Morgan fingerprint density at radius 3 is 1.65 bits per heavy atom. The van der Waals surface area contributed by atoms with Gasteiger partial charge in [0, 0.05) is 13.6 Å². The van der Waals surface area contributed by atoms with Gasteiger partial charge in [-0.05, 0) is 0 Å². The van der Waals surface area contributed by atoms with Gasteiger partial charge in [0.2, 0.25) is 0 Å². The van der Waals surface area contributed by atoms with Gasteiger partial charge in [0.1, 0.15) is 0 Å². The van der Waals surface area contributed by atoms with Crippen LogP contribution in [0.15, 0.2) is 0 Å². The van der Waals surface area contributed by atoms with Gasteiger partial charge in [0.25, 0.3) is 10.0 Å². The second kappa shape index (κ2) is 6.25. The van der Waals surface area contributed by atoms with Crippen LogP contribution in [0.5, 0.6) is 0 Å². The van der Waals surface area contributed by atoms with Crippen molar-refractivity contribution in [2.75, 3.05) is 20.2 Å². The van der Waals surface area contributed by atoms with E-state index in [0.717, 1.165) is 0 Å². The SMILES string of the molecule is CN(CC(O)CO)S(=O)(=O)C(F)(F)C(F)(F)C(F)(F)C(F)(F)F. The predicted octanol–water partition coefficient (Wildman–Crippen LogP) is 1.03. The van der Waals surface area contributed by atoms with E-state index in [4.69, 9.17) is 10.2 Å². The molecule has 140 valence electrons. The summed E-state index contributed by atoms with van der Waals surface area (Å²) in [7, 11) is -6.63. The zero-order valence-corrected chi connectivity index (χ0v) is 11.8. The Morgan fingerprint density at radius 1 is 0.957 bits per heavy atom. The van der Waals surface area contributed by atoms with Gasteiger partial charge in [-0.2, -0.15) is 43.8 Å². The second-order valence-electron chi connectivity index (χ2n) is 4.29. The fraction of sp³-hybridized carbons (Fsp3) is 1.00. The number of halogens is 9. The first-order chi connectivity index (χ1) is 9.88. The summed E-state index contributed by atoms with van der Waals surface area (Å²) in [6, 6.07) is 0. The molecule has 23 heavy (non-hydrogen) atoms. The largest absolute Gasteiger partial charge is 0.460 e. The lowest BCUT2D eigenvalue weighted by Crippen LogP contribution is -2.65. The smallest absolute Gasteiger partial charge is 0.394 e. The molecule has 0 radical (unpaired) electrons. The standard InChI is InChI=1S/C8H10F9NO4S/c1-18(2-4(20)3-19)23(21,22)8(16,17)6(11,12)5(9,10)7(13,14)15/h4,19-20H,2-3H2,1H3. The normalized spacial score (nSPS) is 16.7. The van der Waals surface area contributed by atoms with E-state index in [0.29, 0.717) is 0 Å². The molecule has 5 nitrogen and oxygen atoms in total. The Labute approximate surface area is 123 Å². The van der Waals surface area contributed by atoms with Gasteiger partial charge in [0.05, 0.1) is 12.7 Å². The van der Waals surface area contributed by atoms with Crippen LogP contribution in [-0.4, -0.2) is 72.5 Å². The van der Waals surface area contributed by atoms with Crippen LogP contribution in [-0.2, 0) is 10.0 Å². The number of rotatable bonds is 7. The molecule has 0 rings (SSSR count). The summed E-state index contributed by atoms with van der Waals surface area (Å²) in [6.07, 6.45) is -9.22. The maximum Gasteiger partial charge on any atom is 0.460 e. The van der Waals surface area contributed by atoms with Crippen LogP contribution >= 0.6 is 0 Å². The lowest BCUT2D eigenvalue weighted by atomic mass is 10.1. The molecular weight excluding hydrogens is 377 g/mol. The Balaban J connectivity index is 5.95. The van der Waals surface area contributed by atoms with Gasteiger partial charge in [-0.25, -0.2) is 8.42 Å². The van der Waals surface area contributed by atoms with E-state index in [1.165, 1.54) is 0 Å². The molecule has 0 saturated heterocycles. The summed E-state index contributed by atoms with van der Waals surface area (Å²) in [5.74, 6) is -14.7. The van der Waals surface area contributed by atoms with E-state index in [-0.39, 0.29) is 7.05 Å². The highest BCUT2D eigenvalue weighted by Gasteiger charge is 2.85. The average Bonchev–Trinajstić information content (AvgIpc) is 2.36. The monoisotopic (exact) mass is 387 g/mol. The minimum absolute atomic E-state index is 0.115. The first-order valence-electron chi connectivity index (χ1n) is 5.33. The van der Waals surface area contributed by atoms with Crippen molar-refractivity contribution < 1.29 is 58.1 Å². The molecule has 0 aliphatic carbocycles. The third kappa shape index (κ3) is 3.51. The molecule has 15 heteroatoms. The van der Waals surface area contributed by atoms with Crippen LogP contribution in [0.2, 0.25) is 0 Å². The van der Waals surface area contributed by atoms with Gasteiger partial charge in [0.15, 0.2) is 0 Å². The summed E-state index contributed by atoms with van der Waals surface area (Å²) in [5.41, 5.74) is 0. The van der Waals surface area contributed by atoms with Crippen molar-refractivity contribution in [3.8, 4) is 0 Å². The molecule has 0 aromatic carbocycles. The van der Waals surface area contributed by atoms with Crippen molar-refractivity contribution in [1.82, 2.24) is 4.31 Å². The molecule has 0 aromatic rings. The summed E-state index contributed by atoms with van der Waals surface area (Å²) >= 11 is 0. The molecular formula is C8H10F9NO4S. The first-order valence-corrected chi connectivity index (χ1v) is 6.77. The summed E-state index contributed by atoms with van der Waals surface area (Å²) in [4.78, 5) is 0. The fourth-order valence-corrected chi connectivity index (χ4v) is 2.38. The highest BCUT2D eigenvalue weighted by atomic mass is 32.2. The highest BCUT2D eigenvalue weighted by Crippen LogP contribution is 2.55. The number of nitrogens with zero attached hydrogens (tertiary/aromatic N) is 1. The summed E-state index contributed by atoms with van der Waals surface area (Å²) in [5, 5.41) is 10.3. The van der Waals surface area contributed by atoms with Crippen molar-refractivity contribution in [1.29, 1.82) is 0 Å². The molecule has 0 amide bonds. The number of aliphatic hydroxyl groups excluding tert-OH is 2. The topological polar surface area (TPSA) is 77.8 Å². The molecule has 0 aliphatic heterocycles. The van der Waals surface area contributed by atoms with E-state index in [1.54, 1.807) is 0 Å². The molecule has 0 saturated carbocycles. The summed E-state index contributed by atoms with van der Waals surface area (Å²) < 4.78 is 135. The number of likely N-dealkylation sites (N-methyl/N-ethyl adjacent to an activating group) is 1. The lowest BCUT2D eigenvalue weighted by Gasteiger charge is -2.35. The Kier molecular flexibility index (Phi) is 6.03. The van der Waals surface area contributed by atoms with Crippen molar-refractivity contribution in [3.63, 3.8) is 0 Å². The molecule has 0 fully saturated rings.